The summed E-state index contributed by atoms with van der Waals surface area (Å²) in [6.07, 6.45) is 12.8. The molecule has 2 unspecified atom stereocenters. The van der Waals surface area contributed by atoms with E-state index in [1.54, 1.807) is 6.08 Å². The second-order valence-corrected chi connectivity index (χ2v) is 8.40. The van der Waals surface area contributed by atoms with E-state index in [1.807, 2.05) is 45.9 Å². The Morgan fingerprint density at radius 2 is 1.80 bits per heavy atom. The van der Waals surface area contributed by atoms with Crippen LogP contribution < -0.4 is 0 Å². The second-order valence-electron chi connectivity index (χ2n) is 8.40. The molecule has 1 aliphatic rings. The molecule has 138 valence electrons. The molecule has 0 radical (unpaired) electrons. The summed E-state index contributed by atoms with van der Waals surface area (Å²) in [7, 11) is 0. The maximum absolute atomic E-state index is 15.1. The minimum atomic E-state index is -0.173. The topological polar surface area (TPSA) is 0 Å². The number of allylic oxidation sites excluding steroid dienone is 11. The maximum Gasteiger partial charge on any atom is 0.127 e. The minimum absolute atomic E-state index is 0.00541. The van der Waals surface area contributed by atoms with Gasteiger partial charge in [-0.25, -0.2) is 4.39 Å². The Balaban J connectivity index is 3.58. The fraction of sp³-hybridized carbons (Fsp3) is 0.500. The zero-order valence-corrected chi connectivity index (χ0v) is 17.3. The molecule has 1 aliphatic carbocycles. The zero-order chi connectivity index (χ0) is 19.4. The van der Waals surface area contributed by atoms with Crippen LogP contribution in [0, 0.1) is 16.7 Å². The first-order chi connectivity index (χ1) is 11.5. The van der Waals surface area contributed by atoms with Crippen LogP contribution in [0.3, 0.4) is 0 Å². The minimum Gasteiger partial charge on any atom is -0.207 e. The summed E-state index contributed by atoms with van der Waals surface area (Å²) in [4.78, 5) is 0. The largest absolute Gasteiger partial charge is 0.207 e. The molecule has 0 fully saturated rings. The molecule has 0 nitrogen and oxygen atoms in total. The van der Waals surface area contributed by atoms with Crippen molar-refractivity contribution >= 4 is 0 Å². The van der Waals surface area contributed by atoms with Gasteiger partial charge in [0, 0.05) is 5.92 Å². The van der Waals surface area contributed by atoms with Gasteiger partial charge in [-0.2, -0.15) is 0 Å². The van der Waals surface area contributed by atoms with Crippen molar-refractivity contribution in [3.63, 3.8) is 0 Å². The van der Waals surface area contributed by atoms with Gasteiger partial charge in [-0.1, -0.05) is 70.2 Å². The fourth-order valence-corrected chi connectivity index (χ4v) is 3.60. The molecule has 25 heavy (non-hydrogen) atoms. The Morgan fingerprint density at radius 3 is 2.28 bits per heavy atom. The average molecular weight is 343 g/mol. The summed E-state index contributed by atoms with van der Waals surface area (Å²) in [5.41, 5.74) is 3.50. The first-order valence-electron chi connectivity index (χ1n) is 9.19. The molecule has 0 saturated carbocycles. The Hall–Kier alpha value is -1.63. The average Bonchev–Trinajstić information content (AvgIpc) is 2.50. The third-order valence-corrected chi connectivity index (χ3v) is 5.70. The van der Waals surface area contributed by atoms with Gasteiger partial charge in [-0.3, -0.25) is 0 Å². The third-order valence-electron chi connectivity index (χ3n) is 5.70. The van der Waals surface area contributed by atoms with Crippen LogP contribution in [0.5, 0.6) is 0 Å². The van der Waals surface area contributed by atoms with Gasteiger partial charge in [0.25, 0.3) is 0 Å². The first-order valence-corrected chi connectivity index (χ1v) is 9.19. The van der Waals surface area contributed by atoms with Crippen molar-refractivity contribution in [1.29, 1.82) is 0 Å². The highest BCUT2D eigenvalue weighted by molar-refractivity contribution is 5.52. The van der Waals surface area contributed by atoms with Crippen molar-refractivity contribution in [1.82, 2.24) is 0 Å². The highest BCUT2D eigenvalue weighted by Crippen LogP contribution is 2.54. The fourth-order valence-electron chi connectivity index (χ4n) is 3.60. The summed E-state index contributed by atoms with van der Waals surface area (Å²) in [6, 6.07) is 0. The lowest BCUT2D eigenvalue weighted by molar-refractivity contribution is 0.105. The van der Waals surface area contributed by atoms with Crippen LogP contribution in [0.1, 0.15) is 61.8 Å². The number of rotatable bonds is 5. The Morgan fingerprint density at radius 1 is 1.20 bits per heavy atom. The molecule has 1 rings (SSSR count). The van der Waals surface area contributed by atoms with E-state index >= 15 is 4.39 Å². The molecular weight excluding hydrogens is 307 g/mol. The summed E-state index contributed by atoms with van der Waals surface area (Å²) in [6.45, 7) is 21.3. The molecular formula is C24H35F. The van der Waals surface area contributed by atoms with Gasteiger partial charge in [-0.05, 0) is 67.7 Å². The second kappa shape index (κ2) is 8.17. The van der Waals surface area contributed by atoms with Gasteiger partial charge in [-0.15, -0.1) is 0 Å². The van der Waals surface area contributed by atoms with E-state index in [-0.39, 0.29) is 22.6 Å². The van der Waals surface area contributed by atoms with Gasteiger partial charge in [0.1, 0.15) is 5.83 Å². The molecule has 0 aromatic carbocycles. The van der Waals surface area contributed by atoms with Gasteiger partial charge in [0.05, 0.1) is 0 Å². The van der Waals surface area contributed by atoms with E-state index < -0.39 is 0 Å². The van der Waals surface area contributed by atoms with Crippen LogP contribution in [0.2, 0.25) is 0 Å². The molecule has 2 atom stereocenters. The van der Waals surface area contributed by atoms with Crippen LogP contribution in [0.4, 0.5) is 4.39 Å². The van der Waals surface area contributed by atoms with E-state index in [4.69, 9.17) is 0 Å². The molecule has 0 amide bonds. The Bertz CT molecular complexity index is 659. The van der Waals surface area contributed by atoms with Crippen LogP contribution in [0.15, 0.2) is 71.2 Å². The van der Waals surface area contributed by atoms with Crippen molar-refractivity contribution < 1.29 is 4.39 Å². The summed E-state index contributed by atoms with van der Waals surface area (Å²) in [5, 5.41) is 0. The molecule has 0 heterocycles. The van der Waals surface area contributed by atoms with E-state index in [9.17, 15) is 0 Å². The SMILES string of the molecule is C=C(C1=C(F)C=C(C)CC1C(C)(C=CC)C(C)(C)C)/C(C)=C\C=C/C. The van der Waals surface area contributed by atoms with Crippen molar-refractivity contribution in [2.45, 2.75) is 61.8 Å². The first kappa shape index (κ1) is 21.4. The van der Waals surface area contributed by atoms with Gasteiger partial charge in [0.2, 0.25) is 0 Å². The van der Waals surface area contributed by atoms with E-state index in [1.165, 1.54) is 0 Å². The van der Waals surface area contributed by atoms with Crippen molar-refractivity contribution in [2.24, 2.45) is 16.7 Å². The molecule has 0 N–H and O–H groups in total. The van der Waals surface area contributed by atoms with E-state index in [0.29, 0.717) is 0 Å². The maximum atomic E-state index is 15.1. The molecule has 0 aromatic heterocycles. The molecule has 0 aromatic rings. The quantitative estimate of drug-likeness (QED) is 0.352. The summed E-state index contributed by atoms with van der Waals surface area (Å²) >= 11 is 0. The van der Waals surface area contributed by atoms with Crippen LogP contribution in [-0.2, 0) is 0 Å². The normalized spacial score (nSPS) is 22.5. The zero-order valence-electron chi connectivity index (χ0n) is 17.3. The number of halogens is 1. The van der Waals surface area contributed by atoms with Gasteiger partial charge in [0.15, 0.2) is 0 Å². The van der Waals surface area contributed by atoms with E-state index in [2.05, 4.69) is 46.4 Å². The highest BCUT2D eigenvalue weighted by atomic mass is 19.1. The summed E-state index contributed by atoms with van der Waals surface area (Å²) in [5.74, 6) is -0.0675. The van der Waals surface area contributed by atoms with Crippen molar-refractivity contribution in [3.05, 3.63) is 71.2 Å². The summed E-state index contributed by atoms with van der Waals surface area (Å²) < 4.78 is 15.1. The molecule has 0 spiro atoms. The Labute approximate surface area is 154 Å². The predicted molar refractivity (Wildman–Crippen MR) is 110 cm³/mol. The lowest BCUT2D eigenvalue weighted by atomic mass is 9.56. The molecule has 0 saturated heterocycles. The monoisotopic (exact) mass is 342 g/mol. The Kier molecular flexibility index (Phi) is 6.99. The number of hydrogen-bond donors (Lipinski definition) is 0. The van der Waals surface area contributed by atoms with E-state index in [0.717, 1.165) is 28.7 Å². The lowest BCUT2D eigenvalue weighted by Gasteiger charge is -2.48. The highest BCUT2D eigenvalue weighted by Gasteiger charge is 2.45. The lowest BCUT2D eigenvalue weighted by Crippen LogP contribution is -2.40. The molecule has 1 heteroatoms. The standard InChI is InChI=1S/C24H35F/c1-10-12-13-18(4)19(5)22-20(15-17(3)16-21(22)25)24(9,14-11-2)23(6,7)8/h10-14,16,20H,5,15H2,1-4,6-9H3/b12-10-,14-11?,18-13-. The van der Waals surface area contributed by atoms with Crippen LogP contribution in [-0.4, -0.2) is 0 Å². The third kappa shape index (κ3) is 4.51. The smallest absolute Gasteiger partial charge is 0.127 e. The van der Waals surface area contributed by atoms with Crippen molar-refractivity contribution in [2.75, 3.05) is 0 Å². The molecule has 0 aliphatic heterocycles. The van der Waals surface area contributed by atoms with Gasteiger partial charge < -0.3 is 0 Å². The van der Waals surface area contributed by atoms with Crippen LogP contribution in [0.25, 0.3) is 0 Å². The van der Waals surface area contributed by atoms with Gasteiger partial charge >= 0.3 is 0 Å². The van der Waals surface area contributed by atoms with Crippen LogP contribution >= 0.6 is 0 Å². The predicted octanol–water partition coefficient (Wildman–Crippen LogP) is 7.88. The van der Waals surface area contributed by atoms with Crippen molar-refractivity contribution in [3.8, 4) is 0 Å². The number of hydrogen-bond acceptors (Lipinski definition) is 0. The molecule has 0 bridgehead atoms.